The Labute approximate surface area is 162 Å². The van der Waals surface area contributed by atoms with Gasteiger partial charge in [0, 0.05) is 19.5 Å². The maximum Gasteiger partial charge on any atom is 0.246 e. The van der Waals surface area contributed by atoms with Crippen LogP contribution in [0.1, 0.15) is 63.0 Å². The summed E-state index contributed by atoms with van der Waals surface area (Å²) in [7, 11) is 0. The fraction of sp³-hybridized carbons (Fsp3) is 0.565. The maximum atomic E-state index is 12.7. The molecule has 0 saturated heterocycles. The second-order valence-corrected chi connectivity index (χ2v) is 8.28. The number of carbonyl (C=O) groups is 2. The number of Topliss-reactive ketones (excluding diaryl/α,β-unsaturated/α-hetero) is 1. The van der Waals surface area contributed by atoms with Crippen molar-refractivity contribution < 1.29 is 9.59 Å². The fourth-order valence-electron chi connectivity index (χ4n) is 4.34. The first-order valence-electron chi connectivity index (χ1n) is 10.3. The number of nitrogens with zero attached hydrogens (tertiary/aromatic N) is 1. The second kappa shape index (κ2) is 9.32. The van der Waals surface area contributed by atoms with E-state index in [0.29, 0.717) is 25.4 Å². The Kier molecular flexibility index (Phi) is 6.84. The Morgan fingerprint density at radius 3 is 2.37 bits per heavy atom. The van der Waals surface area contributed by atoms with Gasteiger partial charge in [0.1, 0.15) is 5.78 Å². The van der Waals surface area contributed by atoms with E-state index in [2.05, 4.69) is 12.1 Å². The molecule has 0 spiro atoms. The topological polar surface area (TPSA) is 63.4 Å². The summed E-state index contributed by atoms with van der Waals surface area (Å²) in [6.07, 6.45) is 11.5. The fourth-order valence-corrected chi connectivity index (χ4v) is 4.34. The molecule has 27 heavy (non-hydrogen) atoms. The van der Waals surface area contributed by atoms with Crippen LogP contribution in [0.3, 0.4) is 0 Å². The molecule has 1 aliphatic carbocycles. The predicted molar refractivity (Wildman–Crippen MR) is 108 cm³/mol. The molecule has 1 aromatic rings. The van der Waals surface area contributed by atoms with Gasteiger partial charge in [-0.05, 0) is 42.4 Å². The Hall–Kier alpha value is -1.94. The molecule has 1 saturated carbocycles. The minimum Gasteiger partial charge on any atom is -0.330 e. The first-order chi connectivity index (χ1) is 13.0. The van der Waals surface area contributed by atoms with Crippen molar-refractivity contribution in [1.29, 1.82) is 0 Å². The van der Waals surface area contributed by atoms with Gasteiger partial charge in [0.05, 0.1) is 6.04 Å². The molecule has 0 aromatic heterocycles. The lowest BCUT2D eigenvalue weighted by atomic mass is 9.81. The zero-order valence-electron chi connectivity index (χ0n) is 16.4. The number of benzene rings is 1. The van der Waals surface area contributed by atoms with E-state index in [-0.39, 0.29) is 17.6 Å². The highest BCUT2D eigenvalue weighted by molar-refractivity contribution is 5.88. The van der Waals surface area contributed by atoms with Gasteiger partial charge in [-0.1, -0.05) is 62.4 Å². The van der Waals surface area contributed by atoms with E-state index in [1.165, 1.54) is 43.2 Å². The summed E-state index contributed by atoms with van der Waals surface area (Å²) >= 11 is 0. The molecule has 0 bridgehead atoms. The van der Waals surface area contributed by atoms with Crippen molar-refractivity contribution in [1.82, 2.24) is 4.90 Å². The van der Waals surface area contributed by atoms with Crippen LogP contribution in [-0.2, 0) is 22.7 Å². The third-order valence-corrected chi connectivity index (χ3v) is 6.00. The molecule has 146 valence electrons. The second-order valence-electron chi connectivity index (χ2n) is 8.28. The lowest BCUT2D eigenvalue weighted by Crippen LogP contribution is -2.29. The summed E-state index contributed by atoms with van der Waals surface area (Å²) in [4.78, 5) is 26.7. The maximum absolute atomic E-state index is 12.7. The van der Waals surface area contributed by atoms with Crippen molar-refractivity contribution >= 4 is 11.7 Å². The molecular formula is C23H32N2O2. The molecule has 1 aliphatic heterocycles. The molecule has 0 unspecified atom stereocenters. The molecular weight excluding hydrogens is 336 g/mol. The number of hydrogen-bond donors (Lipinski definition) is 1. The Morgan fingerprint density at radius 2 is 1.78 bits per heavy atom. The number of fused-ring (bicyclic) bond motifs is 1. The van der Waals surface area contributed by atoms with E-state index in [4.69, 9.17) is 5.73 Å². The molecule has 2 atom stereocenters. The molecule has 2 N–H and O–H groups in total. The Balaban J connectivity index is 1.61. The zero-order chi connectivity index (χ0) is 19.2. The Morgan fingerprint density at radius 1 is 1.15 bits per heavy atom. The minimum absolute atomic E-state index is 0.0353. The van der Waals surface area contributed by atoms with Crippen LogP contribution in [0.2, 0.25) is 0 Å². The van der Waals surface area contributed by atoms with Crippen LogP contribution in [0.25, 0.3) is 0 Å². The number of hydrogen-bond acceptors (Lipinski definition) is 3. The lowest BCUT2D eigenvalue weighted by molar-refractivity contribution is -0.126. The smallest absolute Gasteiger partial charge is 0.246 e. The van der Waals surface area contributed by atoms with Gasteiger partial charge in [0.25, 0.3) is 0 Å². The van der Waals surface area contributed by atoms with Gasteiger partial charge in [-0.15, -0.1) is 0 Å². The number of rotatable bonds is 7. The molecule has 2 aliphatic rings. The number of ketones is 1. The third-order valence-electron chi connectivity index (χ3n) is 6.00. The van der Waals surface area contributed by atoms with Crippen molar-refractivity contribution in [3.05, 3.63) is 47.5 Å². The molecule has 1 heterocycles. The SMILES string of the molecule is C[C@H](N)C(=O)C[C@H](/C=C/C(=O)N1Cc2ccccc2C1)CC1CCCCC1. The normalized spacial score (nSPS) is 19.9. The molecule has 4 nitrogen and oxygen atoms in total. The quantitative estimate of drug-likeness (QED) is 0.741. The average molecular weight is 369 g/mol. The summed E-state index contributed by atoms with van der Waals surface area (Å²) in [5, 5.41) is 0. The van der Waals surface area contributed by atoms with E-state index in [1.54, 1.807) is 13.0 Å². The highest BCUT2D eigenvalue weighted by atomic mass is 16.2. The summed E-state index contributed by atoms with van der Waals surface area (Å²) < 4.78 is 0. The number of nitrogens with two attached hydrogens (primary N) is 1. The van der Waals surface area contributed by atoms with Crippen LogP contribution < -0.4 is 5.73 Å². The van der Waals surface area contributed by atoms with Crippen LogP contribution in [0, 0.1) is 11.8 Å². The first-order valence-corrected chi connectivity index (χ1v) is 10.3. The molecule has 1 aromatic carbocycles. The van der Waals surface area contributed by atoms with Gasteiger partial charge in [-0.3, -0.25) is 9.59 Å². The molecule has 1 fully saturated rings. The van der Waals surface area contributed by atoms with Gasteiger partial charge in [-0.25, -0.2) is 0 Å². The van der Waals surface area contributed by atoms with Crippen molar-refractivity contribution in [2.75, 3.05) is 0 Å². The standard InChI is InChI=1S/C23H32N2O2/c1-17(24)22(26)14-19(13-18-7-3-2-4-8-18)11-12-23(27)25-15-20-9-5-6-10-21(20)16-25/h5-6,9-12,17-19H,2-4,7-8,13-16,24H2,1H3/b12-11+/t17-,19+/m0/s1. The van der Waals surface area contributed by atoms with E-state index >= 15 is 0 Å². The van der Waals surface area contributed by atoms with E-state index in [1.807, 2.05) is 23.1 Å². The largest absolute Gasteiger partial charge is 0.330 e. The number of amides is 1. The molecule has 0 radical (unpaired) electrons. The third kappa shape index (κ3) is 5.52. The van der Waals surface area contributed by atoms with Crippen molar-refractivity contribution in [3.8, 4) is 0 Å². The first kappa shape index (κ1) is 19.8. The lowest BCUT2D eigenvalue weighted by Gasteiger charge is -2.25. The molecule has 3 rings (SSSR count). The van der Waals surface area contributed by atoms with Crippen LogP contribution in [0.5, 0.6) is 0 Å². The van der Waals surface area contributed by atoms with Gasteiger partial charge >= 0.3 is 0 Å². The Bertz CT molecular complexity index is 664. The number of allylic oxidation sites excluding steroid dienone is 1. The van der Waals surface area contributed by atoms with Gasteiger partial charge < -0.3 is 10.6 Å². The summed E-state index contributed by atoms with van der Waals surface area (Å²) in [5.74, 6) is 0.899. The molecule has 1 amide bonds. The highest BCUT2D eigenvalue weighted by Gasteiger charge is 2.23. The van der Waals surface area contributed by atoms with Crippen molar-refractivity contribution in [2.45, 2.75) is 71.0 Å². The van der Waals surface area contributed by atoms with Crippen LogP contribution >= 0.6 is 0 Å². The van der Waals surface area contributed by atoms with Gasteiger partial charge in [0.2, 0.25) is 5.91 Å². The summed E-state index contributed by atoms with van der Waals surface area (Å²) in [6, 6.07) is 7.76. The van der Waals surface area contributed by atoms with E-state index in [0.717, 1.165) is 6.42 Å². The van der Waals surface area contributed by atoms with Gasteiger partial charge in [0.15, 0.2) is 0 Å². The van der Waals surface area contributed by atoms with Gasteiger partial charge in [-0.2, -0.15) is 0 Å². The van der Waals surface area contributed by atoms with Crippen LogP contribution in [0.15, 0.2) is 36.4 Å². The zero-order valence-corrected chi connectivity index (χ0v) is 16.4. The van der Waals surface area contributed by atoms with E-state index < -0.39 is 6.04 Å². The predicted octanol–water partition coefficient (Wildman–Crippen LogP) is 3.98. The highest BCUT2D eigenvalue weighted by Crippen LogP contribution is 2.31. The summed E-state index contributed by atoms with van der Waals surface area (Å²) in [5.41, 5.74) is 8.23. The van der Waals surface area contributed by atoms with Crippen LogP contribution in [0.4, 0.5) is 0 Å². The minimum atomic E-state index is -0.434. The number of carbonyl (C=O) groups excluding carboxylic acids is 2. The van der Waals surface area contributed by atoms with Crippen molar-refractivity contribution in [2.24, 2.45) is 17.6 Å². The monoisotopic (exact) mass is 368 g/mol. The van der Waals surface area contributed by atoms with Crippen LogP contribution in [-0.4, -0.2) is 22.6 Å². The average Bonchev–Trinajstić information content (AvgIpc) is 3.11. The summed E-state index contributed by atoms with van der Waals surface area (Å²) in [6.45, 7) is 3.09. The van der Waals surface area contributed by atoms with Crippen molar-refractivity contribution in [3.63, 3.8) is 0 Å². The van der Waals surface area contributed by atoms with E-state index in [9.17, 15) is 9.59 Å². The molecule has 4 heteroatoms.